The summed E-state index contributed by atoms with van der Waals surface area (Å²) >= 11 is 0. The summed E-state index contributed by atoms with van der Waals surface area (Å²) in [6, 6.07) is 0. The van der Waals surface area contributed by atoms with E-state index < -0.39 is 6.10 Å². The highest BCUT2D eigenvalue weighted by atomic mass is 16.5. The van der Waals surface area contributed by atoms with Gasteiger partial charge in [-0.2, -0.15) is 0 Å². The van der Waals surface area contributed by atoms with Crippen LogP contribution in [0.5, 0.6) is 0 Å². The van der Waals surface area contributed by atoms with Gasteiger partial charge >= 0.3 is 5.69 Å². The number of aliphatic hydroxyl groups is 1. The van der Waals surface area contributed by atoms with Crippen LogP contribution in [0.2, 0.25) is 0 Å². The van der Waals surface area contributed by atoms with Crippen molar-refractivity contribution in [1.82, 2.24) is 14.5 Å². The molecule has 17 heavy (non-hydrogen) atoms. The second-order valence-electron chi connectivity index (χ2n) is 3.87. The quantitative estimate of drug-likeness (QED) is 0.591. The predicted molar refractivity (Wildman–Crippen MR) is 65.1 cm³/mol. The van der Waals surface area contributed by atoms with Crippen LogP contribution in [-0.2, 0) is 17.8 Å². The van der Waals surface area contributed by atoms with Crippen molar-refractivity contribution in [3.8, 4) is 0 Å². The van der Waals surface area contributed by atoms with E-state index in [9.17, 15) is 9.90 Å². The molecule has 1 rings (SSSR count). The number of aromatic nitrogens is 2. The van der Waals surface area contributed by atoms with Gasteiger partial charge in [0.2, 0.25) is 0 Å². The van der Waals surface area contributed by atoms with Crippen molar-refractivity contribution in [2.45, 2.75) is 26.1 Å². The van der Waals surface area contributed by atoms with Crippen LogP contribution in [-0.4, -0.2) is 47.2 Å². The van der Waals surface area contributed by atoms with Crippen molar-refractivity contribution >= 4 is 0 Å². The first-order valence-electron chi connectivity index (χ1n) is 5.82. The first kappa shape index (κ1) is 14.0. The fourth-order valence-electron chi connectivity index (χ4n) is 1.57. The Morgan fingerprint density at radius 2 is 2.18 bits per heavy atom. The number of hydrogen-bond donors (Lipinski definition) is 2. The van der Waals surface area contributed by atoms with Gasteiger partial charge in [-0.15, -0.1) is 0 Å². The zero-order valence-corrected chi connectivity index (χ0v) is 10.4. The molecule has 0 aromatic carbocycles. The molecule has 0 saturated heterocycles. The summed E-state index contributed by atoms with van der Waals surface area (Å²) in [7, 11) is 1.63. The van der Waals surface area contributed by atoms with Crippen LogP contribution in [0.4, 0.5) is 0 Å². The molecule has 0 aliphatic heterocycles. The molecule has 0 spiro atoms. The molecule has 0 amide bonds. The molecule has 2 N–H and O–H groups in total. The van der Waals surface area contributed by atoms with Crippen LogP contribution in [0.1, 0.15) is 6.92 Å². The van der Waals surface area contributed by atoms with Crippen LogP contribution >= 0.6 is 0 Å². The first-order valence-corrected chi connectivity index (χ1v) is 5.82. The number of hydrogen-bond acceptors (Lipinski definition) is 4. The van der Waals surface area contributed by atoms with Gasteiger partial charge in [-0.05, 0) is 6.92 Å². The van der Waals surface area contributed by atoms with Gasteiger partial charge in [0, 0.05) is 39.1 Å². The largest absolute Gasteiger partial charge is 0.390 e. The second kappa shape index (κ2) is 7.26. The predicted octanol–water partition coefficient (Wildman–Crippen LogP) is -0.733. The van der Waals surface area contributed by atoms with Gasteiger partial charge in [-0.25, -0.2) is 4.79 Å². The van der Waals surface area contributed by atoms with E-state index >= 15 is 0 Å². The van der Waals surface area contributed by atoms with E-state index in [-0.39, 0.29) is 5.69 Å². The molecule has 1 heterocycles. The number of ether oxygens (including phenoxy) is 1. The molecule has 6 nitrogen and oxygen atoms in total. The zero-order chi connectivity index (χ0) is 12.7. The lowest BCUT2D eigenvalue weighted by Gasteiger charge is -2.11. The molecule has 6 heteroatoms. The topological polar surface area (TPSA) is 68.4 Å². The van der Waals surface area contributed by atoms with E-state index in [1.165, 1.54) is 4.57 Å². The molecule has 0 aliphatic carbocycles. The number of nitrogens with one attached hydrogen (secondary N) is 1. The Hall–Kier alpha value is -1.11. The van der Waals surface area contributed by atoms with Crippen molar-refractivity contribution in [1.29, 1.82) is 0 Å². The Morgan fingerprint density at radius 3 is 2.76 bits per heavy atom. The van der Waals surface area contributed by atoms with Crippen LogP contribution in [0.3, 0.4) is 0 Å². The van der Waals surface area contributed by atoms with Gasteiger partial charge in [0.25, 0.3) is 0 Å². The average Bonchev–Trinajstić information content (AvgIpc) is 2.66. The molecule has 98 valence electrons. The van der Waals surface area contributed by atoms with Crippen molar-refractivity contribution in [3.63, 3.8) is 0 Å². The van der Waals surface area contributed by atoms with Crippen molar-refractivity contribution in [2.75, 3.05) is 26.8 Å². The molecule has 1 unspecified atom stereocenters. The first-order chi connectivity index (χ1) is 8.19. The molecular formula is C11H21N3O3. The highest BCUT2D eigenvalue weighted by Gasteiger charge is 2.08. The lowest BCUT2D eigenvalue weighted by Crippen LogP contribution is -2.35. The summed E-state index contributed by atoms with van der Waals surface area (Å²) < 4.78 is 8.00. The summed E-state index contributed by atoms with van der Waals surface area (Å²) in [4.78, 5) is 11.7. The molecule has 0 saturated carbocycles. The van der Waals surface area contributed by atoms with E-state index in [2.05, 4.69) is 5.32 Å². The molecule has 0 radical (unpaired) electrons. The molecule has 0 aliphatic rings. The minimum atomic E-state index is -0.572. The van der Waals surface area contributed by atoms with Crippen LogP contribution < -0.4 is 11.0 Å². The van der Waals surface area contributed by atoms with Crippen molar-refractivity contribution in [2.24, 2.45) is 0 Å². The Kier molecular flexibility index (Phi) is 5.96. The molecule has 0 fully saturated rings. The van der Waals surface area contributed by atoms with Gasteiger partial charge in [0.05, 0.1) is 19.3 Å². The van der Waals surface area contributed by atoms with Gasteiger partial charge in [-0.1, -0.05) is 0 Å². The van der Waals surface area contributed by atoms with E-state index in [1.807, 2.05) is 6.92 Å². The number of methoxy groups -OCH3 is 1. The molecule has 0 bridgehead atoms. The van der Waals surface area contributed by atoms with E-state index in [1.54, 1.807) is 24.1 Å². The van der Waals surface area contributed by atoms with E-state index in [4.69, 9.17) is 4.74 Å². The minimum absolute atomic E-state index is 0.0801. The van der Waals surface area contributed by atoms with Crippen LogP contribution in [0, 0.1) is 0 Å². The third-order valence-corrected chi connectivity index (χ3v) is 2.53. The van der Waals surface area contributed by atoms with Crippen LogP contribution in [0.25, 0.3) is 0 Å². The zero-order valence-electron chi connectivity index (χ0n) is 10.4. The molecule has 1 aromatic rings. The maximum atomic E-state index is 11.7. The number of aryl methyl sites for hydroxylation is 1. The third kappa shape index (κ3) is 4.33. The van der Waals surface area contributed by atoms with E-state index in [0.29, 0.717) is 32.8 Å². The maximum absolute atomic E-state index is 11.7. The molecule has 1 atom stereocenters. The fraction of sp³-hybridized carbons (Fsp3) is 0.727. The molecule has 1 aromatic heterocycles. The van der Waals surface area contributed by atoms with Crippen molar-refractivity contribution < 1.29 is 9.84 Å². The average molecular weight is 243 g/mol. The Bertz CT molecular complexity index is 372. The number of imidazole rings is 1. The normalized spacial score (nSPS) is 12.9. The Balaban J connectivity index is 2.37. The fourth-order valence-corrected chi connectivity index (χ4v) is 1.57. The minimum Gasteiger partial charge on any atom is -0.390 e. The number of aliphatic hydroxyl groups excluding tert-OH is 1. The van der Waals surface area contributed by atoms with Gasteiger partial charge in [0.1, 0.15) is 0 Å². The van der Waals surface area contributed by atoms with E-state index in [0.717, 1.165) is 0 Å². The van der Waals surface area contributed by atoms with Crippen molar-refractivity contribution in [3.05, 3.63) is 22.9 Å². The second-order valence-corrected chi connectivity index (χ2v) is 3.87. The van der Waals surface area contributed by atoms with Gasteiger partial charge < -0.3 is 15.2 Å². The lowest BCUT2D eigenvalue weighted by atomic mass is 10.3. The molecular weight excluding hydrogens is 222 g/mol. The standard InChI is InChI=1S/C11H21N3O3/c1-3-13-5-6-14(11(13)16)9-10(15)8-12-4-7-17-2/h5-6,10,12,15H,3-4,7-9H2,1-2H3. The monoisotopic (exact) mass is 243 g/mol. The maximum Gasteiger partial charge on any atom is 0.328 e. The summed E-state index contributed by atoms with van der Waals surface area (Å²) in [6.07, 6.45) is 2.86. The highest BCUT2D eigenvalue weighted by Crippen LogP contribution is 1.90. The summed E-state index contributed by atoms with van der Waals surface area (Å²) in [6.45, 7) is 4.62. The lowest BCUT2D eigenvalue weighted by molar-refractivity contribution is 0.142. The SMILES string of the molecule is CCn1ccn(CC(O)CNCCOC)c1=O. The van der Waals surface area contributed by atoms with Crippen LogP contribution in [0.15, 0.2) is 17.2 Å². The van der Waals surface area contributed by atoms with Gasteiger partial charge in [0.15, 0.2) is 0 Å². The third-order valence-electron chi connectivity index (χ3n) is 2.53. The smallest absolute Gasteiger partial charge is 0.328 e. The Labute approximate surface area is 101 Å². The number of nitrogens with zero attached hydrogens (tertiary/aromatic N) is 2. The van der Waals surface area contributed by atoms with Gasteiger partial charge in [-0.3, -0.25) is 9.13 Å². The highest BCUT2D eigenvalue weighted by molar-refractivity contribution is 4.82. The summed E-state index contributed by atoms with van der Waals surface area (Å²) in [5, 5.41) is 12.8. The number of rotatable bonds is 8. The Morgan fingerprint density at radius 1 is 1.47 bits per heavy atom. The summed E-state index contributed by atoms with van der Waals surface area (Å²) in [5.74, 6) is 0. The summed E-state index contributed by atoms with van der Waals surface area (Å²) in [5.41, 5.74) is -0.0801.